The van der Waals surface area contributed by atoms with E-state index in [9.17, 15) is 9.59 Å². The molecule has 0 aliphatic heterocycles. The van der Waals surface area contributed by atoms with E-state index in [2.05, 4.69) is 14.5 Å². The Hall–Kier alpha value is -2.43. The number of methoxy groups -OCH3 is 2. The summed E-state index contributed by atoms with van der Waals surface area (Å²) in [5, 5.41) is 0.755. The van der Waals surface area contributed by atoms with Gasteiger partial charge in [0.1, 0.15) is 0 Å². The van der Waals surface area contributed by atoms with Crippen LogP contribution in [0.25, 0.3) is 10.9 Å². The summed E-state index contributed by atoms with van der Waals surface area (Å²) in [6.07, 6.45) is 1.61. The molecule has 0 saturated heterocycles. The Morgan fingerprint density at radius 1 is 1.06 bits per heavy atom. The molecular formula is C13H11NO4. The fourth-order valence-electron chi connectivity index (χ4n) is 1.68. The Bertz CT molecular complexity index is 567. The molecule has 0 aliphatic carbocycles. The van der Waals surface area contributed by atoms with Crippen molar-refractivity contribution in [3.63, 3.8) is 0 Å². The Morgan fingerprint density at radius 3 is 2.28 bits per heavy atom. The summed E-state index contributed by atoms with van der Waals surface area (Å²) >= 11 is 0. The lowest BCUT2D eigenvalue weighted by atomic mass is 10.0. The zero-order valence-electron chi connectivity index (χ0n) is 9.97. The van der Waals surface area contributed by atoms with Gasteiger partial charge in [-0.3, -0.25) is 4.98 Å². The number of benzene rings is 1. The molecule has 5 nitrogen and oxygen atoms in total. The van der Waals surface area contributed by atoms with Crippen molar-refractivity contribution < 1.29 is 19.1 Å². The summed E-state index contributed by atoms with van der Waals surface area (Å²) in [6.45, 7) is 0. The third-order valence-corrected chi connectivity index (χ3v) is 2.55. The van der Waals surface area contributed by atoms with Crippen molar-refractivity contribution in [3.05, 3.63) is 41.6 Å². The van der Waals surface area contributed by atoms with E-state index in [0.29, 0.717) is 5.52 Å². The predicted molar refractivity (Wildman–Crippen MR) is 64.4 cm³/mol. The van der Waals surface area contributed by atoms with Crippen molar-refractivity contribution >= 4 is 22.8 Å². The fraction of sp³-hybridized carbons (Fsp3) is 0.154. The van der Waals surface area contributed by atoms with Gasteiger partial charge in [0.25, 0.3) is 0 Å². The van der Waals surface area contributed by atoms with Crippen LogP contribution in [-0.2, 0) is 9.47 Å². The molecule has 1 aromatic heterocycles. The minimum Gasteiger partial charge on any atom is -0.465 e. The number of carbonyl (C=O) groups excluding carboxylic acids is 2. The number of ether oxygens (including phenoxy) is 2. The number of esters is 2. The lowest BCUT2D eigenvalue weighted by Gasteiger charge is -2.07. The van der Waals surface area contributed by atoms with Crippen molar-refractivity contribution in [2.45, 2.75) is 0 Å². The van der Waals surface area contributed by atoms with Crippen molar-refractivity contribution in [2.24, 2.45) is 0 Å². The van der Waals surface area contributed by atoms with E-state index < -0.39 is 11.9 Å². The molecule has 2 rings (SSSR count). The fourth-order valence-corrected chi connectivity index (χ4v) is 1.68. The van der Waals surface area contributed by atoms with Crippen LogP contribution in [0.5, 0.6) is 0 Å². The van der Waals surface area contributed by atoms with E-state index in [1.807, 2.05) is 0 Å². The first-order chi connectivity index (χ1) is 8.67. The summed E-state index contributed by atoms with van der Waals surface area (Å²) in [6, 6.07) is 6.64. The topological polar surface area (TPSA) is 65.5 Å². The molecule has 1 aromatic carbocycles. The Balaban J connectivity index is 2.71. The molecule has 0 radical (unpaired) electrons. The molecule has 92 valence electrons. The smallest absolute Gasteiger partial charge is 0.338 e. The van der Waals surface area contributed by atoms with Crippen LogP contribution >= 0.6 is 0 Å². The van der Waals surface area contributed by atoms with Gasteiger partial charge in [-0.15, -0.1) is 0 Å². The first kappa shape index (κ1) is 12.0. The Morgan fingerprint density at radius 2 is 1.67 bits per heavy atom. The highest BCUT2D eigenvalue weighted by atomic mass is 16.5. The molecular weight excluding hydrogens is 234 g/mol. The number of rotatable bonds is 2. The average molecular weight is 245 g/mol. The molecule has 0 N–H and O–H groups in total. The average Bonchev–Trinajstić information content (AvgIpc) is 2.44. The van der Waals surface area contributed by atoms with Gasteiger partial charge in [-0.25, -0.2) is 9.59 Å². The van der Waals surface area contributed by atoms with Crippen LogP contribution in [0, 0.1) is 0 Å². The van der Waals surface area contributed by atoms with Crippen LogP contribution in [0.15, 0.2) is 30.5 Å². The summed E-state index contributed by atoms with van der Waals surface area (Å²) < 4.78 is 9.30. The summed E-state index contributed by atoms with van der Waals surface area (Å²) in [7, 11) is 2.52. The first-order valence-corrected chi connectivity index (χ1v) is 5.22. The Kier molecular flexibility index (Phi) is 3.23. The highest BCUT2D eigenvalue weighted by Crippen LogP contribution is 2.20. The maximum absolute atomic E-state index is 11.6. The summed E-state index contributed by atoms with van der Waals surface area (Å²) in [4.78, 5) is 27.4. The van der Waals surface area contributed by atoms with E-state index in [1.165, 1.54) is 20.3 Å². The van der Waals surface area contributed by atoms with E-state index in [4.69, 9.17) is 0 Å². The normalized spacial score (nSPS) is 10.1. The zero-order valence-corrected chi connectivity index (χ0v) is 9.97. The van der Waals surface area contributed by atoms with Crippen molar-refractivity contribution in [3.8, 4) is 0 Å². The van der Waals surface area contributed by atoms with Gasteiger partial charge in [0.15, 0.2) is 0 Å². The number of hydrogen-bond donors (Lipinski definition) is 0. The van der Waals surface area contributed by atoms with E-state index in [0.717, 1.165) is 5.39 Å². The van der Waals surface area contributed by atoms with Gasteiger partial charge in [0, 0.05) is 11.6 Å². The number of hydrogen-bond acceptors (Lipinski definition) is 5. The second-order valence-electron chi connectivity index (χ2n) is 3.58. The van der Waals surface area contributed by atoms with Crippen LogP contribution in [0.2, 0.25) is 0 Å². The van der Waals surface area contributed by atoms with E-state index in [1.54, 1.807) is 24.4 Å². The van der Waals surface area contributed by atoms with Gasteiger partial charge in [0.2, 0.25) is 0 Å². The molecule has 5 heteroatoms. The third kappa shape index (κ3) is 2.02. The van der Waals surface area contributed by atoms with Crippen LogP contribution in [0.3, 0.4) is 0 Å². The molecule has 18 heavy (non-hydrogen) atoms. The van der Waals surface area contributed by atoms with Crippen LogP contribution in [-0.4, -0.2) is 31.1 Å². The highest BCUT2D eigenvalue weighted by Gasteiger charge is 2.19. The lowest BCUT2D eigenvalue weighted by molar-refractivity contribution is 0.0555. The standard InChI is InChI=1S/C13H11NO4/c1-17-12(15)9-6-8-4-3-5-14-11(8)7-10(9)13(16)18-2/h3-7H,1-2H3. The zero-order chi connectivity index (χ0) is 13.1. The van der Waals surface area contributed by atoms with Gasteiger partial charge in [-0.05, 0) is 18.2 Å². The molecule has 0 unspecified atom stereocenters. The molecule has 0 aliphatic rings. The Labute approximate surface area is 103 Å². The van der Waals surface area contributed by atoms with Gasteiger partial charge in [-0.2, -0.15) is 0 Å². The maximum Gasteiger partial charge on any atom is 0.338 e. The van der Waals surface area contributed by atoms with Crippen molar-refractivity contribution in [2.75, 3.05) is 14.2 Å². The maximum atomic E-state index is 11.6. The van der Waals surface area contributed by atoms with Gasteiger partial charge in [-0.1, -0.05) is 6.07 Å². The quantitative estimate of drug-likeness (QED) is 0.755. The molecule has 0 bridgehead atoms. The second kappa shape index (κ2) is 4.83. The first-order valence-electron chi connectivity index (χ1n) is 5.22. The van der Waals surface area contributed by atoms with Gasteiger partial charge in [0.05, 0.1) is 30.9 Å². The van der Waals surface area contributed by atoms with Gasteiger partial charge >= 0.3 is 11.9 Å². The summed E-state index contributed by atoms with van der Waals surface area (Å²) in [5.74, 6) is -1.18. The predicted octanol–water partition coefficient (Wildman–Crippen LogP) is 1.81. The number of aromatic nitrogens is 1. The SMILES string of the molecule is COC(=O)c1cc2cccnc2cc1C(=O)OC. The van der Waals surface area contributed by atoms with E-state index in [-0.39, 0.29) is 11.1 Å². The molecule has 0 atom stereocenters. The molecule has 0 amide bonds. The number of carbonyl (C=O) groups is 2. The van der Waals surface area contributed by atoms with Crippen LogP contribution in [0.4, 0.5) is 0 Å². The van der Waals surface area contributed by atoms with Crippen molar-refractivity contribution in [1.29, 1.82) is 0 Å². The largest absolute Gasteiger partial charge is 0.465 e. The van der Waals surface area contributed by atoms with E-state index >= 15 is 0 Å². The number of pyridine rings is 1. The second-order valence-corrected chi connectivity index (χ2v) is 3.58. The van der Waals surface area contributed by atoms with Crippen molar-refractivity contribution in [1.82, 2.24) is 4.98 Å². The molecule has 0 spiro atoms. The minimum absolute atomic E-state index is 0.149. The molecule has 2 aromatic rings. The number of fused-ring (bicyclic) bond motifs is 1. The monoisotopic (exact) mass is 245 g/mol. The third-order valence-electron chi connectivity index (χ3n) is 2.55. The number of nitrogens with zero attached hydrogens (tertiary/aromatic N) is 1. The molecule has 0 fully saturated rings. The van der Waals surface area contributed by atoms with Gasteiger partial charge < -0.3 is 9.47 Å². The summed E-state index contributed by atoms with van der Waals surface area (Å²) in [5.41, 5.74) is 0.936. The molecule has 1 heterocycles. The lowest BCUT2D eigenvalue weighted by Crippen LogP contribution is -2.12. The highest BCUT2D eigenvalue weighted by molar-refractivity contribution is 6.06. The minimum atomic E-state index is -0.594. The van der Waals surface area contributed by atoms with Crippen LogP contribution < -0.4 is 0 Å². The molecule has 0 saturated carbocycles. The van der Waals surface area contributed by atoms with Crippen LogP contribution in [0.1, 0.15) is 20.7 Å².